The molecule has 3 heterocycles. The molecule has 2 aliphatic rings. The molecular formula is C27H33Cl3N8O3. The van der Waals surface area contributed by atoms with E-state index < -0.39 is 0 Å². The molecule has 0 spiro atoms. The first kappa shape index (κ1) is 29.5. The highest BCUT2D eigenvalue weighted by Gasteiger charge is 2.30. The standard InChI is InChI=1S/C27H33Cl3N8O3/c1-14(2)41-27(40)37-9-3-4-17(13-37)33-25-32-12-21-24(36-25)38(18-7-5-15(6-8-18)23(31)39)26(34-21)35-22-19(29)10-16(28)11-20(22)30/h10-12,14-15,17-18H,3-9,13H2,1-2H3,(H2,31,39)(H,34,35)(H,32,33,36)/t15?,17-,18?/m1/s1. The molecule has 2 amide bonds. The Morgan fingerprint density at radius 1 is 1.07 bits per heavy atom. The fourth-order valence-electron chi connectivity index (χ4n) is 5.51. The maximum atomic E-state index is 12.5. The van der Waals surface area contributed by atoms with Gasteiger partial charge < -0.3 is 26.0 Å². The maximum absolute atomic E-state index is 12.5. The number of nitrogens with zero attached hydrogens (tertiary/aromatic N) is 5. The Morgan fingerprint density at radius 3 is 2.44 bits per heavy atom. The van der Waals surface area contributed by atoms with Gasteiger partial charge in [0, 0.05) is 36.1 Å². The first-order valence-corrected chi connectivity index (χ1v) is 14.9. The molecule has 3 aromatic rings. The molecule has 2 fully saturated rings. The van der Waals surface area contributed by atoms with Crippen LogP contribution in [0.3, 0.4) is 0 Å². The molecule has 1 aliphatic heterocycles. The lowest BCUT2D eigenvalue weighted by atomic mass is 9.85. The predicted octanol–water partition coefficient (Wildman–Crippen LogP) is 6.17. The molecule has 1 aromatic carbocycles. The van der Waals surface area contributed by atoms with Gasteiger partial charge in [0.1, 0.15) is 5.52 Å². The number of amides is 2. The van der Waals surface area contributed by atoms with Crippen LogP contribution in [0.15, 0.2) is 18.3 Å². The summed E-state index contributed by atoms with van der Waals surface area (Å²) in [6.45, 7) is 4.81. The van der Waals surface area contributed by atoms with Crippen LogP contribution in [-0.4, -0.2) is 61.7 Å². The van der Waals surface area contributed by atoms with Crippen LogP contribution in [0.4, 0.5) is 22.4 Å². The molecule has 2 aromatic heterocycles. The molecule has 1 atom stereocenters. The van der Waals surface area contributed by atoms with Crippen LogP contribution in [0.1, 0.15) is 58.4 Å². The largest absolute Gasteiger partial charge is 0.447 e. The van der Waals surface area contributed by atoms with E-state index in [1.54, 1.807) is 23.2 Å². The highest BCUT2D eigenvalue weighted by molar-refractivity contribution is 6.41. The lowest BCUT2D eigenvalue weighted by Gasteiger charge is -2.33. The van der Waals surface area contributed by atoms with Crippen molar-refractivity contribution in [3.05, 3.63) is 33.4 Å². The number of fused-ring (bicyclic) bond motifs is 1. The number of anilines is 3. The van der Waals surface area contributed by atoms with Crippen LogP contribution in [0.2, 0.25) is 15.1 Å². The first-order chi connectivity index (χ1) is 19.6. The number of likely N-dealkylation sites (tertiary alicyclic amines) is 1. The molecule has 1 aliphatic carbocycles. The number of aromatic nitrogens is 4. The Bertz CT molecular complexity index is 1420. The molecular weight excluding hydrogens is 591 g/mol. The predicted molar refractivity (Wildman–Crippen MR) is 160 cm³/mol. The topological polar surface area (TPSA) is 140 Å². The molecule has 1 saturated heterocycles. The van der Waals surface area contributed by atoms with Crippen molar-refractivity contribution in [1.82, 2.24) is 24.4 Å². The third-order valence-electron chi connectivity index (χ3n) is 7.49. The second-order valence-corrected chi connectivity index (χ2v) is 12.1. The van der Waals surface area contributed by atoms with Crippen LogP contribution in [0.25, 0.3) is 11.2 Å². The molecule has 5 rings (SSSR count). The minimum atomic E-state index is -0.317. The molecule has 0 unspecified atom stereocenters. The average molecular weight is 624 g/mol. The fourth-order valence-corrected chi connectivity index (χ4v) is 6.42. The molecule has 0 radical (unpaired) electrons. The second-order valence-electron chi connectivity index (χ2n) is 10.8. The summed E-state index contributed by atoms with van der Waals surface area (Å²) in [4.78, 5) is 40.1. The van der Waals surface area contributed by atoms with Crippen LogP contribution in [0.5, 0.6) is 0 Å². The molecule has 220 valence electrons. The van der Waals surface area contributed by atoms with Crippen molar-refractivity contribution in [3.63, 3.8) is 0 Å². The van der Waals surface area contributed by atoms with E-state index in [0.717, 1.165) is 25.7 Å². The number of nitrogens with two attached hydrogens (primary N) is 1. The number of primary amides is 1. The number of rotatable bonds is 7. The van der Waals surface area contributed by atoms with Crippen LogP contribution >= 0.6 is 34.8 Å². The van der Waals surface area contributed by atoms with Crippen molar-refractivity contribution in [2.75, 3.05) is 23.7 Å². The molecule has 41 heavy (non-hydrogen) atoms. The van der Waals surface area contributed by atoms with Gasteiger partial charge in [-0.3, -0.25) is 9.36 Å². The van der Waals surface area contributed by atoms with Crippen LogP contribution in [0, 0.1) is 5.92 Å². The summed E-state index contributed by atoms with van der Waals surface area (Å²) >= 11 is 19.1. The van der Waals surface area contributed by atoms with E-state index in [1.165, 1.54) is 0 Å². The first-order valence-electron chi connectivity index (χ1n) is 13.8. The zero-order chi connectivity index (χ0) is 29.3. The van der Waals surface area contributed by atoms with Gasteiger partial charge in [0.05, 0.1) is 28.0 Å². The van der Waals surface area contributed by atoms with Gasteiger partial charge in [-0.1, -0.05) is 34.8 Å². The van der Waals surface area contributed by atoms with Gasteiger partial charge >= 0.3 is 6.09 Å². The van der Waals surface area contributed by atoms with Gasteiger partial charge in [-0.15, -0.1) is 0 Å². The quantitative estimate of drug-likeness (QED) is 0.284. The number of hydrogen-bond acceptors (Lipinski definition) is 8. The third kappa shape index (κ3) is 6.73. The van der Waals surface area contributed by atoms with Crippen molar-refractivity contribution in [2.45, 2.75) is 70.6 Å². The number of hydrogen-bond donors (Lipinski definition) is 3. The number of halogens is 3. The van der Waals surface area contributed by atoms with E-state index in [9.17, 15) is 9.59 Å². The minimum absolute atomic E-state index is 0.00155. The van der Waals surface area contributed by atoms with Gasteiger partial charge in [-0.05, 0) is 64.5 Å². The van der Waals surface area contributed by atoms with Crippen molar-refractivity contribution in [3.8, 4) is 0 Å². The number of carbonyl (C=O) groups excluding carboxylic acids is 2. The number of piperidine rings is 1. The van der Waals surface area contributed by atoms with Gasteiger partial charge in [0.25, 0.3) is 0 Å². The average Bonchev–Trinajstić information content (AvgIpc) is 3.27. The van der Waals surface area contributed by atoms with E-state index in [2.05, 4.69) is 15.6 Å². The lowest BCUT2D eigenvalue weighted by molar-refractivity contribution is -0.122. The van der Waals surface area contributed by atoms with Gasteiger partial charge in [0.15, 0.2) is 5.65 Å². The zero-order valence-corrected chi connectivity index (χ0v) is 25.1. The highest BCUT2D eigenvalue weighted by atomic mass is 35.5. The zero-order valence-electron chi connectivity index (χ0n) is 22.9. The van der Waals surface area contributed by atoms with Crippen molar-refractivity contribution >= 4 is 75.6 Å². The molecule has 11 nitrogen and oxygen atoms in total. The van der Waals surface area contributed by atoms with Crippen LogP contribution < -0.4 is 16.4 Å². The third-order valence-corrected chi connectivity index (χ3v) is 8.30. The molecule has 1 saturated carbocycles. The lowest BCUT2D eigenvalue weighted by Crippen LogP contribution is -2.46. The number of imidazole rings is 1. The van der Waals surface area contributed by atoms with E-state index in [0.29, 0.717) is 69.7 Å². The van der Waals surface area contributed by atoms with E-state index in [4.69, 9.17) is 55.2 Å². The molecule has 4 N–H and O–H groups in total. The second kappa shape index (κ2) is 12.5. The van der Waals surface area contributed by atoms with Gasteiger partial charge in [-0.25, -0.2) is 14.8 Å². The number of nitrogens with one attached hydrogen (secondary N) is 2. The van der Waals surface area contributed by atoms with Gasteiger partial charge in [0.2, 0.25) is 17.8 Å². The van der Waals surface area contributed by atoms with Crippen molar-refractivity contribution in [2.24, 2.45) is 11.7 Å². The van der Waals surface area contributed by atoms with Gasteiger partial charge in [-0.2, -0.15) is 4.98 Å². The Labute approximate surface area is 253 Å². The molecule has 14 heteroatoms. The van der Waals surface area contributed by atoms with Crippen molar-refractivity contribution in [1.29, 1.82) is 0 Å². The summed E-state index contributed by atoms with van der Waals surface area (Å²) in [5.74, 6) is 0.508. The number of carbonyl (C=O) groups is 2. The van der Waals surface area contributed by atoms with E-state index in [1.807, 2.05) is 18.4 Å². The summed E-state index contributed by atoms with van der Waals surface area (Å²) in [6.07, 6.45) is 5.65. The Kier molecular flexibility index (Phi) is 8.96. The fraction of sp³-hybridized carbons (Fsp3) is 0.519. The van der Waals surface area contributed by atoms with Crippen molar-refractivity contribution < 1.29 is 14.3 Å². The smallest absolute Gasteiger partial charge is 0.410 e. The Hall–Kier alpha value is -3.02. The SMILES string of the molecule is CC(C)OC(=O)N1CCC[C@@H](Nc2ncc3nc(Nc4c(Cl)cc(Cl)cc4Cl)n(C4CCC(C(N)=O)CC4)c3n2)C1. The summed E-state index contributed by atoms with van der Waals surface area (Å²) in [5, 5.41) is 7.80. The normalized spacial score (nSPS) is 21.2. The maximum Gasteiger partial charge on any atom is 0.410 e. The monoisotopic (exact) mass is 622 g/mol. The number of ether oxygens (including phenoxy) is 1. The van der Waals surface area contributed by atoms with E-state index >= 15 is 0 Å². The van der Waals surface area contributed by atoms with Crippen LogP contribution in [-0.2, 0) is 9.53 Å². The summed E-state index contributed by atoms with van der Waals surface area (Å²) in [5.41, 5.74) is 7.27. The Balaban J connectivity index is 1.45. The highest BCUT2D eigenvalue weighted by Crippen LogP contribution is 2.40. The minimum Gasteiger partial charge on any atom is -0.447 e. The summed E-state index contributed by atoms with van der Waals surface area (Å²) in [7, 11) is 0. The summed E-state index contributed by atoms with van der Waals surface area (Å²) in [6, 6.07) is 3.18. The molecule has 0 bridgehead atoms. The van der Waals surface area contributed by atoms with E-state index in [-0.39, 0.29) is 36.1 Å². The summed E-state index contributed by atoms with van der Waals surface area (Å²) < 4.78 is 7.40. The number of benzene rings is 1. The Morgan fingerprint density at radius 2 is 1.78 bits per heavy atom.